The monoisotopic (exact) mass is 412 g/mol. The Hall–Kier alpha value is -2.69. The minimum absolute atomic E-state index is 0.143. The summed E-state index contributed by atoms with van der Waals surface area (Å²) in [6.07, 6.45) is 4.79. The summed E-state index contributed by atoms with van der Waals surface area (Å²) >= 11 is 1.38. The highest BCUT2D eigenvalue weighted by molar-refractivity contribution is 8.00. The smallest absolute Gasteiger partial charge is 0.253 e. The molecular weight excluding hydrogens is 388 g/mol. The number of likely N-dealkylation sites (tertiary alicyclic amines) is 1. The van der Waals surface area contributed by atoms with Crippen molar-refractivity contribution in [3.05, 3.63) is 12.2 Å². The maximum absolute atomic E-state index is 11.6. The molecule has 0 radical (unpaired) electrons. The Balaban J connectivity index is 0.000000283. The van der Waals surface area contributed by atoms with Gasteiger partial charge in [0, 0.05) is 58.6 Å². The first-order valence-corrected chi connectivity index (χ1v) is 9.85. The van der Waals surface area contributed by atoms with Crippen LogP contribution in [0, 0.1) is 0 Å². The van der Waals surface area contributed by atoms with Crippen molar-refractivity contribution in [2.24, 2.45) is 0 Å². The van der Waals surface area contributed by atoms with Crippen LogP contribution in [0.25, 0.3) is 0 Å². The van der Waals surface area contributed by atoms with Crippen LogP contribution in [0.3, 0.4) is 0 Å². The molecule has 1 fully saturated rings. The highest BCUT2D eigenvalue weighted by atomic mass is 32.2. The quantitative estimate of drug-likeness (QED) is 0.495. The first kappa shape index (κ1) is 23.3. The third kappa shape index (κ3) is 6.48. The molecule has 2 rings (SSSR count). The van der Waals surface area contributed by atoms with E-state index in [1.54, 1.807) is 6.26 Å². The second-order valence-corrected chi connectivity index (χ2v) is 6.86. The Morgan fingerprint density at radius 1 is 0.964 bits per heavy atom. The van der Waals surface area contributed by atoms with Gasteiger partial charge in [0.25, 0.3) is 11.8 Å². The second kappa shape index (κ2) is 11.2. The van der Waals surface area contributed by atoms with Crippen LogP contribution < -0.4 is 10.6 Å². The summed E-state index contributed by atoms with van der Waals surface area (Å²) < 4.78 is 0. The number of hydrogen-bond acceptors (Lipinski definition) is 7. The Bertz CT molecular complexity index is 675. The zero-order chi connectivity index (χ0) is 21.3. The molecule has 6 amide bonds. The Labute approximate surface area is 167 Å². The molecule has 2 aliphatic heterocycles. The van der Waals surface area contributed by atoms with Gasteiger partial charge in [-0.3, -0.25) is 38.6 Å². The standard InChI is InChI=1S/C9H14N2O3S.C8H10N2O3/c1-10-7(12)3-4-11-8(13)5-6(15-2)9(11)14;1-9-6(11)4-5-10-7(12)2-3-8(10)13/h6H,3-5H2,1-2H3,(H,10,12);2-3H,4-5H2,1H3,(H,9,11). The van der Waals surface area contributed by atoms with E-state index in [2.05, 4.69) is 10.6 Å². The van der Waals surface area contributed by atoms with Gasteiger partial charge in [-0.1, -0.05) is 0 Å². The van der Waals surface area contributed by atoms with Gasteiger partial charge in [-0.2, -0.15) is 11.8 Å². The topological polar surface area (TPSA) is 133 Å². The molecular formula is C17H24N4O6S. The van der Waals surface area contributed by atoms with Crippen LogP contribution in [0.2, 0.25) is 0 Å². The molecule has 0 aliphatic carbocycles. The Morgan fingerprint density at radius 2 is 1.43 bits per heavy atom. The van der Waals surface area contributed by atoms with Gasteiger partial charge in [-0.15, -0.1) is 0 Å². The zero-order valence-corrected chi connectivity index (χ0v) is 16.8. The van der Waals surface area contributed by atoms with E-state index in [4.69, 9.17) is 0 Å². The molecule has 0 aromatic carbocycles. The number of amides is 6. The number of imide groups is 2. The summed E-state index contributed by atoms with van der Waals surface area (Å²) in [5, 5.41) is 4.60. The highest BCUT2D eigenvalue weighted by Gasteiger charge is 2.37. The summed E-state index contributed by atoms with van der Waals surface area (Å²) in [6, 6.07) is 0. The van der Waals surface area contributed by atoms with E-state index in [9.17, 15) is 28.8 Å². The van der Waals surface area contributed by atoms with E-state index >= 15 is 0 Å². The van der Waals surface area contributed by atoms with Gasteiger partial charge in [-0.25, -0.2) is 0 Å². The van der Waals surface area contributed by atoms with E-state index in [1.807, 2.05) is 0 Å². The van der Waals surface area contributed by atoms with E-state index < -0.39 is 0 Å². The molecule has 1 saturated heterocycles. The van der Waals surface area contributed by atoms with E-state index in [-0.39, 0.29) is 73.0 Å². The van der Waals surface area contributed by atoms with E-state index in [1.165, 1.54) is 42.9 Å². The molecule has 2 heterocycles. The van der Waals surface area contributed by atoms with Crippen molar-refractivity contribution < 1.29 is 28.8 Å². The molecule has 0 bridgehead atoms. The molecule has 0 aromatic heterocycles. The number of rotatable bonds is 7. The minimum atomic E-state index is -0.353. The second-order valence-electron chi connectivity index (χ2n) is 5.82. The van der Waals surface area contributed by atoms with Gasteiger partial charge in [-0.05, 0) is 6.26 Å². The third-order valence-corrected chi connectivity index (χ3v) is 5.01. The van der Waals surface area contributed by atoms with Crippen LogP contribution in [0.1, 0.15) is 19.3 Å². The zero-order valence-electron chi connectivity index (χ0n) is 16.0. The number of carbonyl (C=O) groups excluding carboxylic acids is 6. The molecule has 154 valence electrons. The van der Waals surface area contributed by atoms with Crippen molar-refractivity contribution >= 4 is 47.2 Å². The van der Waals surface area contributed by atoms with Crippen molar-refractivity contribution in [3.63, 3.8) is 0 Å². The molecule has 28 heavy (non-hydrogen) atoms. The van der Waals surface area contributed by atoms with Crippen LogP contribution in [0.5, 0.6) is 0 Å². The van der Waals surface area contributed by atoms with Gasteiger partial charge >= 0.3 is 0 Å². The normalized spacial score (nSPS) is 18.3. The lowest BCUT2D eigenvalue weighted by atomic mass is 10.3. The van der Waals surface area contributed by atoms with Crippen molar-refractivity contribution in [1.29, 1.82) is 0 Å². The lowest BCUT2D eigenvalue weighted by molar-refractivity contribution is -0.140. The van der Waals surface area contributed by atoms with Crippen LogP contribution >= 0.6 is 11.8 Å². The predicted molar refractivity (Wildman–Crippen MR) is 102 cm³/mol. The van der Waals surface area contributed by atoms with Gasteiger partial charge in [0.1, 0.15) is 0 Å². The number of nitrogens with zero attached hydrogens (tertiary/aromatic N) is 2. The SMILES string of the molecule is CNC(=O)CCN1C(=O)C=CC1=O.CNC(=O)CCN1C(=O)CC(SC)C1=O. The highest BCUT2D eigenvalue weighted by Crippen LogP contribution is 2.22. The van der Waals surface area contributed by atoms with Crippen molar-refractivity contribution in [3.8, 4) is 0 Å². The van der Waals surface area contributed by atoms with Crippen LogP contribution in [-0.2, 0) is 28.8 Å². The van der Waals surface area contributed by atoms with Crippen molar-refractivity contribution in [2.45, 2.75) is 24.5 Å². The van der Waals surface area contributed by atoms with Gasteiger partial charge in [0.05, 0.1) is 5.25 Å². The molecule has 2 aliphatic rings. The summed E-state index contributed by atoms with van der Waals surface area (Å²) in [5.41, 5.74) is 0. The fourth-order valence-electron chi connectivity index (χ4n) is 2.40. The van der Waals surface area contributed by atoms with Gasteiger partial charge in [0.2, 0.25) is 23.6 Å². The van der Waals surface area contributed by atoms with Crippen LogP contribution in [0.4, 0.5) is 0 Å². The fourth-order valence-corrected chi connectivity index (χ4v) is 3.04. The number of thioether (sulfide) groups is 1. The average molecular weight is 412 g/mol. The molecule has 10 nitrogen and oxygen atoms in total. The Kier molecular flexibility index (Phi) is 9.36. The molecule has 1 unspecified atom stereocenters. The van der Waals surface area contributed by atoms with Crippen LogP contribution in [-0.4, -0.2) is 83.9 Å². The predicted octanol–water partition coefficient (Wildman–Crippen LogP) is -1.34. The lowest BCUT2D eigenvalue weighted by Crippen LogP contribution is -2.34. The first-order valence-electron chi connectivity index (χ1n) is 8.56. The van der Waals surface area contributed by atoms with E-state index in [0.717, 1.165) is 4.90 Å². The third-order valence-electron chi connectivity index (χ3n) is 4.07. The van der Waals surface area contributed by atoms with E-state index in [0.29, 0.717) is 0 Å². The fraction of sp³-hybridized carbons (Fsp3) is 0.529. The van der Waals surface area contributed by atoms with Crippen LogP contribution in [0.15, 0.2) is 12.2 Å². The molecule has 1 atom stereocenters. The number of carbonyl (C=O) groups is 6. The molecule has 0 saturated carbocycles. The molecule has 0 aromatic rings. The molecule has 11 heteroatoms. The van der Waals surface area contributed by atoms with Gasteiger partial charge in [0.15, 0.2) is 0 Å². The average Bonchev–Trinajstić information content (AvgIpc) is 3.15. The van der Waals surface area contributed by atoms with Crippen molar-refractivity contribution in [1.82, 2.24) is 20.4 Å². The lowest BCUT2D eigenvalue weighted by Gasteiger charge is -2.13. The molecule has 2 N–H and O–H groups in total. The number of nitrogens with one attached hydrogen (secondary N) is 2. The summed E-state index contributed by atoms with van der Waals surface area (Å²) in [4.78, 5) is 68.9. The minimum Gasteiger partial charge on any atom is -0.359 e. The largest absolute Gasteiger partial charge is 0.359 e. The van der Waals surface area contributed by atoms with Gasteiger partial charge < -0.3 is 10.6 Å². The summed E-state index contributed by atoms with van der Waals surface area (Å²) in [6.45, 7) is 0.332. The molecule has 0 spiro atoms. The Morgan fingerprint density at radius 3 is 1.82 bits per heavy atom. The van der Waals surface area contributed by atoms with Crippen molar-refractivity contribution in [2.75, 3.05) is 33.4 Å². The summed E-state index contributed by atoms with van der Waals surface area (Å²) in [7, 11) is 3.04. The summed E-state index contributed by atoms with van der Waals surface area (Å²) in [5.74, 6) is -1.40. The first-order chi connectivity index (χ1) is 13.2. The number of hydrogen-bond donors (Lipinski definition) is 2. The maximum atomic E-state index is 11.6. The maximum Gasteiger partial charge on any atom is 0.253 e.